The van der Waals surface area contributed by atoms with Crippen LogP contribution >= 0.6 is 11.3 Å². The van der Waals surface area contributed by atoms with Gasteiger partial charge < -0.3 is 10.3 Å². The number of aromatic nitrogens is 2. The van der Waals surface area contributed by atoms with Crippen LogP contribution in [0.3, 0.4) is 0 Å². The van der Waals surface area contributed by atoms with E-state index in [1.165, 1.54) is 22.2 Å². The number of benzene rings is 1. The number of aromatic amines is 1. The molecular formula is C14H15N3S. The highest BCUT2D eigenvalue weighted by molar-refractivity contribution is 7.19. The Bertz CT molecular complexity index is 709. The maximum Gasteiger partial charge on any atom is 0.128 e. The van der Waals surface area contributed by atoms with Crippen molar-refractivity contribution in [2.24, 2.45) is 0 Å². The highest BCUT2D eigenvalue weighted by Crippen LogP contribution is 2.37. The Hall–Kier alpha value is -1.81. The monoisotopic (exact) mass is 257 g/mol. The van der Waals surface area contributed by atoms with Crippen LogP contribution in [-0.2, 0) is 0 Å². The molecule has 0 unspecified atom stereocenters. The first kappa shape index (κ1) is 11.3. The van der Waals surface area contributed by atoms with Crippen LogP contribution in [0.5, 0.6) is 0 Å². The lowest BCUT2D eigenvalue weighted by atomic mass is 10.1. The molecule has 92 valence electrons. The molecule has 2 aromatic heterocycles. The topological polar surface area (TPSA) is 40.7 Å². The maximum atomic E-state index is 4.67. The lowest BCUT2D eigenvalue weighted by Crippen LogP contribution is -1.85. The minimum absolute atomic E-state index is 1.06. The van der Waals surface area contributed by atoms with Crippen molar-refractivity contribution in [3.8, 4) is 10.6 Å². The summed E-state index contributed by atoms with van der Waals surface area (Å²) in [5.41, 5.74) is 4.62. The summed E-state index contributed by atoms with van der Waals surface area (Å²) < 4.78 is 0. The van der Waals surface area contributed by atoms with Crippen molar-refractivity contribution in [2.45, 2.75) is 13.8 Å². The number of aryl methyl sites for hydroxylation is 2. The van der Waals surface area contributed by atoms with E-state index in [1.54, 1.807) is 11.3 Å². The number of H-pyrrole nitrogens is 1. The molecule has 1 aromatic carbocycles. The number of hydrogen-bond acceptors (Lipinski definition) is 3. The zero-order chi connectivity index (χ0) is 12.7. The minimum atomic E-state index is 1.06. The van der Waals surface area contributed by atoms with Gasteiger partial charge in [0.2, 0.25) is 0 Å². The van der Waals surface area contributed by atoms with Gasteiger partial charge in [-0.1, -0.05) is 29.5 Å². The van der Waals surface area contributed by atoms with Crippen LogP contribution in [0.25, 0.3) is 21.5 Å². The van der Waals surface area contributed by atoms with Crippen LogP contribution in [0, 0.1) is 13.8 Å². The van der Waals surface area contributed by atoms with Crippen LogP contribution in [0.2, 0.25) is 0 Å². The number of nitrogens with one attached hydrogen (secondary N) is 2. The molecule has 0 spiro atoms. The van der Waals surface area contributed by atoms with Crippen molar-refractivity contribution < 1.29 is 0 Å². The molecule has 0 saturated carbocycles. The van der Waals surface area contributed by atoms with Gasteiger partial charge in [-0.3, -0.25) is 0 Å². The van der Waals surface area contributed by atoms with Gasteiger partial charge in [0.1, 0.15) is 10.0 Å². The third-order valence-electron chi connectivity index (χ3n) is 3.13. The Morgan fingerprint density at radius 2 is 2.00 bits per heavy atom. The van der Waals surface area contributed by atoms with Gasteiger partial charge in [-0.05, 0) is 19.9 Å². The van der Waals surface area contributed by atoms with Crippen molar-refractivity contribution in [1.29, 1.82) is 0 Å². The predicted molar refractivity (Wildman–Crippen MR) is 78.4 cm³/mol. The SMILES string of the molecule is CNc1sc(-c2c(C)[nH]c3ccccc23)nc1C. The summed E-state index contributed by atoms with van der Waals surface area (Å²) in [6, 6.07) is 8.36. The highest BCUT2D eigenvalue weighted by Gasteiger charge is 2.15. The first-order valence-corrected chi connectivity index (χ1v) is 6.75. The third kappa shape index (κ3) is 1.61. The molecule has 18 heavy (non-hydrogen) atoms. The van der Waals surface area contributed by atoms with Crippen molar-refractivity contribution in [3.05, 3.63) is 35.7 Å². The Kier molecular flexibility index (Phi) is 2.59. The van der Waals surface area contributed by atoms with Gasteiger partial charge in [0.25, 0.3) is 0 Å². The summed E-state index contributed by atoms with van der Waals surface area (Å²) >= 11 is 1.70. The smallest absolute Gasteiger partial charge is 0.128 e. The average molecular weight is 257 g/mol. The molecule has 0 bridgehead atoms. The molecule has 0 saturated heterocycles. The molecule has 0 radical (unpaired) electrons. The van der Waals surface area contributed by atoms with Crippen LogP contribution in [0.1, 0.15) is 11.4 Å². The van der Waals surface area contributed by atoms with E-state index < -0.39 is 0 Å². The number of fused-ring (bicyclic) bond motifs is 1. The Balaban J connectivity index is 2.27. The Morgan fingerprint density at radius 3 is 2.72 bits per heavy atom. The van der Waals surface area contributed by atoms with E-state index in [0.717, 1.165) is 15.7 Å². The number of para-hydroxylation sites is 1. The van der Waals surface area contributed by atoms with Gasteiger partial charge in [-0.25, -0.2) is 4.98 Å². The minimum Gasteiger partial charge on any atom is -0.378 e. The van der Waals surface area contributed by atoms with Crippen molar-refractivity contribution in [1.82, 2.24) is 9.97 Å². The summed E-state index contributed by atoms with van der Waals surface area (Å²) in [5.74, 6) is 0. The summed E-state index contributed by atoms with van der Waals surface area (Å²) in [7, 11) is 1.94. The molecule has 0 atom stereocenters. The summed E-state index contributed by atoms with van der Waals surface area (Å²) in [6.45, 7) is 4.14. The fourth-order valence-corrected chi connectivity index (χ4v) is 3.32. The average Bonchev–Trinajstić information content (AvgIpc) is 2.88. The Labute approximate surface area is 110 Å². The van der Waals surface area contributed by atoms with Crippen molar-refractivity contribution in [3.63, 3.8) is 0 Å². The van der Waals surface area contributed by atoms with Gasteiger partial charge in [0.05, 0.1) is 5.69 Å². The normalized spacial score (nSPS) is 11.1. The van der Waals surface area contributed by atoms with Gasteiger partial charge >= 0.3 is 0 Å². The fraction of sp³-hybridized carbons (Fsp3) is 0.214. The van der Waals surface area contributed by atoms with E-state index >= 15 is 0 Å². The van der Waals surface area contributed by atoms with Crippen LogP contribution < -0.4 is 5.32 Å². The number of hydrogen-bond donors (Lipinski definition) is 2. The third-order valence-corrected chi connectivity index (χ3v) is 4.32. The molecule has 3 aromatic rings. The maximum absolute atomic E-state index is 4.67. The summed E-state index contributed by atoms with van der Waals surface area (Å²) in [4.78, 5) is 8.09. The van der Waals surface area contributed by atoms with E-state index in [2.05, 4.69) is 40.4 Å². The van der Waals surface area contributed by atoms with Gasteiger partial charge in [-0.2, -0.15) is 0 Å². The van der Waals surface area contributed by atoms with Gasteiger partial charge in [0.15, 0.2) is 0 Å². The molecule has 4 heteroatoms. The van der Waals surface area contributed by atoms with Crippen LogP contribution in [-0.4, -0.2) is 17.0 Å². The fourth-order valence-electron chi connectivity index (χ4n) is 2.29. The zero-order valence-electron chi connectivity index (χ0n) is 10.7. The lowest BCUT2D eigenvalue weighted by molar-refractivity contribution is 1.24. The summed E-state index contributed by atoms with van der Waals surface area (Å²) in [5, 5.41) is 6.64. The van der Waals surface area contributed by atoms with E-state index in [1.807, 2.05) is 20.0 Å². The van der Waals surface area contributed by atoms with E-state index in [0.29, 0.717) is 0 Å². The molecule has 0 aliphatic heterocycles. The number of rotatable bonds is 2. The molecule has 3 rings (SSSR count). The van der Waals surface area contributed by atoms with Crippen molar-refractivity contribution >= 4 is 27.2 Å². The van der Waals surface area contributed by atoms with Gasteiger partial charge in [0, 0.05) is 29.2 Å². The standard InChI is InChI=1S/C14H15N3S/c1-8-12(10-6-4-5-7-11(10)16-8)14-17-9(2)13(15-3)18-14/h4-7,15-16H,1-3H3. The first-order chi connectivity index (χ1) is 8.70. The second-order valence-corrected chi connectivity index (χ2v) is 5.35. The van der Waals surface area contributed by atoms with Gasteiger partial charge in [-0.15, -0.1) is 0 Å². The molecule has 0 amide bonds. The molecule has 2 heterocycles. The van der Waals surface area contributed by atoms with E-state index in [4.69, 9.17) is 0 Å². The number of nitrogens with zero attached hydrogens (tertiary/aromatic N) is 1. The molecule has 0 aliphatic carbocycles. The first-order valence-electron chi connectivity index (χ1n) is 5.93. The number of thiazole rings is 1. The number of anilines is 1. The summed E-state index contributed by atoms with van der Waals surface area (Å²) in [6.07, 6.45) is 0. The highest BCUT2D eigenvalue weighted by atomic mass is 32.1. The van der Waals surface area contributed by atoms with E-state index in [-0.39, 0.29) is 0 Å². The van der Waals surface area contributed by atoms with Crippen molar-refractivity contribution in [2.75, 3.05) is 12.4 Å². The van der Waals surface area contributed by atoms with Crippen LogP contribution in [0.4, 0.5) is 5.00 Å². The quantitative estimate of drug-likeness (QED) is 0.729. The predicted octanol–water partition coefficient (Wildman–Crippen LogP) is 3.95. The van der Waals surface area contributed by atoms with E-state index in [9.17, 15) is 0 Å². The molecular weight excluding hydrogens is 242 g/mol. The second kappa shape index (κ2) is 4.14. The largest absolute Gasteiger partial charge is 0.378 e. The van der Waals surface area contributed by atoms with Crippen LogP contribution in [0.15, 0.2) is 24.3 Å². The molecule has 2 N–H and O–H groups in total. The molecule has 0 aliphatic rings. The Morgan fingerprint density at radius 1 is 1.22 bits per heavy atom. The zero-order valence-corrected chi connectivity index (χ0v) is 11.5. The lowest BCUT2D eigenvalue weighted by Gasteiger charge is -1.95. The molecule has 0 fully saturated rings. The second-order valence-electron chi connectivity index (χ2n) is 4.35. The molecule has 3 nitrogen and oxygen atoms in total.